The lowest BCUT2D eigenvalue weighted by Crippen LogP contribution is -2.35. The van der Waals surface area contributed by atoms with Crippen LogP contribution in [-0.2, 0) is 11.8 Å². The van der Waals surface area contributed by atoms with Gasteiger partial charge in [0.25, 0.3) is 5.91 Å². The summed E-state index contributed by atoms with van der Waals surface area (Å²) in [6.07, 6.45) is 0.832. The molecule has 0 aliphatic carbocycles. The van der Waals surface area contributed by atoms with Crippen LogP contribution in [0.4, 0.5) is 0 Å². The Morgan fingerprint density at radius 1 is 1.36 bits per heavy atom. The average Bonchev–Trinajstić information content (AvgIpc) is 3.11. The number of nitrogens with one attached hydrogen (secondary N) is 1. The standard InChI is InChI=1S/C15H15Cl2N3O2/c1-20-14(9-2-3-11(16)12(17)6-9)7-13(19-20)15(21)18-10-4-5-22-8-10/h2-3,6-7,10H,4-5,8H2,1H3,(H,18,21)/t10-/m0/s1. The van der Waals surface area contributed by atoms with Crippen molar-refractivity contribution in [3.63, 3.8) is 0 Å². The highest BCUT2D eigenvalue weighted by Gasteiger charge is 2.21. The van der Waals surface area contributed by atoms with Crippen LogP contribution < -0.4 is 5.32 Å². The third-order valence-electron chi connectivity index (χ3n) is 3.59. The first kappa shape index (κ1) is 15.3. The van der Waals surface area contributed by atoms with Gasteiger partial charge in [-0.2, -0.15) is 5.10 Å². The second-order valence-corrected chi connectivity index (χ2v) is 6.02. The van der Waals surface area contributed by atoms with Gasteiger partial charge >= 0.3 is 0 Å². The highest BCUT2D eigenvalue weighted by molar-refractivity contribution is 6.42. The number of ether oxygens (including phenoxy) is 1. The number of nitrogens with zero attached hydrogens (tertiary/aromatic N) is 2. The zero-order valence-electron chi connectivity index (χ0n) is 12.0. The van der Waals surface area contributed by atoms with E-state index in [1.54, 1.807) is 29.9 Å². The molecule has 1 atom stereocenters. The van der Waals surface area contributed by atoms with Crippen LogP contribution in [0.1, 0.15) is 16.9 Å². The lowest BCUT2D eigenvalue weighted by atomic mass is 10.1. The molecule has 0 bridgehead atoms. The minimum absolute atomic E-state index is 0.0583. The molecule has 0 radical (unpaired) electrons. The summed E-state index contributed by atoms with van der Waals surface area (Å²) in [7, 11) is 1.79. The summed E-state index contributed by atoms with van der Waals surface area (Å²) in [5.41, 5.74) is 2.02. The quantitative estimate of drug-likeness (QED) is 0.935. The van der Waals surface area contributed by atoms with Gasteiger partial charge in [-0.3, -0.25) is 9.48 Å². The first-order valence-corrected chi connectivity index (χ1v) is 7.68. The molecule has 22 heavy (non-hydrogen) atoms. The third-order valence-corrected chi connectivity index (χ3v) is 4.33. The van der Waals surface area contributed by atoms with Gasteiger partial charge in [0, 0.05) is 19.2 Å². The van der Waals surface area contributed by atoms with Crippen LogP contribution in [0.2, 0.25) is 10.0 Å². The van der Waals surface area contributed by atoms with E-state index in [9.17, 15) is 4.79 Å². The number of carbonyl (C=O) groups is 1. The fraction of sp³-hybridized carbons (Fsp3) is 0.333. The number of carbonyl (C=O) groups excluding carboxylic acids is 1. The maximum Gasteiger partial charge on any atom is 0.272 e. The smallest absolute Gasteiger partial charge is 0.272 e. The van der Waals surface area contributed by atoms with Crippen molar-refractivity contribution in [2.45, 2.75) is 12.5 Å². The summed E-state index contributed by atoms with van der Waals surface area (Å²) in [4.78, 5) is 12.2. The molecule has 1 aromatic heterocycles. The average molecular weight is 340 g/mol. The van der Waals surface area contributed by atoms with Gasteiger partial charge in [-0.05, 0) is 24.6 Å². The Labute approximate surface area is 138 Å². The molecule has 1 aliphatic heterocycles. The van der Waals surface area contributed by atoms with Gasteiger partial charge in [-0.15, -0.1) is 0 Å². The Morgan fingerprint density at radius 3 is 2.86 bits per heavy atom. The molecule has 3 rings (SSSR count). The van der Waals surface area contributed by atoms with Crippen molar-refractivity contribution < 1.29 is 9.53 Å². The van der Waals surface area contributed by atoms with Crippen LogP contribution in [0.15, 0.2) is 24.3 Å². The molecular formula is C15H15Cl2N3O2. The number of benzene rings is 1. The number of aryl methyl sites for hydroxylation is 1. The highest BCUT2D eigenvalue weighted by Crippen LogP contribution is 2.28. The normalized spacial score (nSPS) is 17.7. The number of halogens is 2. The molecule has 7 heteroatoms. The van der Waals surface area contributed by atoms with Gasteiger partial charge in [-0.25, -0.2) is 0 Å². The van der Waals surface area contributed by atoms with Crippen LogP contribution in [-0.4, -0.2) is 34.9 Å². The fourth-order valence-corrected chi connectivity index (χ4v) is 2.71. The van der Waals surface area contributed by atoms with Gasteiger partial charge < -0.3 is 10.1 Å². The van der Waals surface area contributed by atoms with Crippen LogP contribution in [0, 0.1) is 0 Å². The first-order valence-electron chi connectivity index (χ1n) is 6.92. The van der Waals surface area contributed by atoms with Crippen molar-refractivity contribution in [2.24, 2.45) is 7.05 Å². The molecular weight excluding hydrogens is 325 g/mol. The zero-order valence-corrected chi connectivity index (χ0v) is 13.5. The van der Waals surface area contributed by atoms with E-state index in [0.717, 1.165) is 17.7 Å². The Hall–Kier alpha value is -1.56. The lowest BCUT2D eigenvalue weighted by Gasteiger charge is -2.08. The van der Waals surface area contributed by atoms with E-state index in [-0.39, 0.29) is 11.9 Å². The molecule has 2 heterocycles. The van der Waals surface area contributed by atoms with E-state index in [4.69, 9.17) is 27.9 Å². The van der Waals surface area contributed by atoms with Crippen molar-refractivity contribution in [1.82, 2.24) is 15.1 Å². The maximum absolute atomic E-state index is 12.2. The first-order chi connectivity index (χ1) is 10.5. The summed E-state index contributed by atoms with van der Waals surface area (Å²) in [6.45, 7) is 1.24. The van der Waals surface area contributed by atoms with Gasteiger partial charge in [0.1, 0.15) is 0 Å². The molecule has 0 spiro atoms. The highest BCUT2D eigenvalue weighted by atomic mass is 35.5. The predicted octanol–water partition coefficient (Wildman–Crippen LogP) is 2.91. The molecule has 1 N–H and O–H groups in total. The predicted molar refractivity (Wildman–Crippen MR) is 85.4 cm³/mol. The summed E-state index contributed by atoms with van der Waals surface area (Å²) in [5, 5.41) is 8.15. The molecule has 5 nitrogen and oxygen atoms in total. The van der Waals surface area contributed by atoms with Gasteiger partial charge in [-0.1, -0.05) is 29.3 Å². The molecule has 1 aromatic carbocycles. The number of hydrogen-bond donors (Lipinski definition) is 1. The Balaban J connectivity index is 1.83. The molecule has 1 fully saturated rings. The monoisotopic (exact) mass is 339 g/mol. The molecule has 2 aromatic rings. The zero-order chi connectivity index (χ0) is 15.7. The maximum atomic E-state index is 12.2. The summed E-state index contributed by atoms with van der Waals surface area (Å²) >= 11 is 12.0. The topological polar surface area (TPSA) is 56.2 Å². The minimum atomic E-state index is -0.197. The molecule has 116 valence electrons. The molecule has 0 saturated carbocycles. The molecule has 1 aliphatic rings. The van der Waals surface area contributed by atoms with E-state index in [0.29, 0.717) is 29.0 Å². The lowest BCUT2D eigenvalue weighted by molar-refractivity contribution is 0.0924. The van der Waals surface area contributed by atoms with Crippen LogP contribution in [0.3, 0.4) is 0 Å². The van der Waals surface area contributed by atoms with Gasteiger partial charge in [0.2, 0.25) is 0 Å². The van der Waals surface area contributed by atoms with Crippen LogP contribution in [0.5, 0.6) is 0 Å². The number of hydrogen-bond acceptors (Lipinski definition) is 3. The van der Waals surface area contributed by atoms with Crippen molar-refractivity contribution in [3.05, 3.63) is 40.0 Å². The summed E-state index contributed by atoms with van der Waals surface area (Å²) < 4.78 is 6.90. The minimum Gasteiger partial charge on any atom is -0.379 e. The van der Waals surface area contributed by atoms with Crippen molar-refractivity contribution in [3.8, 4) is 11.3 Å². The van der Waals surface area contributed by atoms with Crippen molar-refractivity contribution >= 4 is 29.1 Å². The van der Waals surface area contributed by atoms with Crippen LogP contribution >= 0.6 is 23.2 Å². The van der Waals surface area contributed by atoms with Crippen molar-refractivity contribution in [1.29, 1.82) is 0 Å². The fourth-order valence-electron chi connectivity index (χ4n) is 2.41. The second kappa shape index (κ2) is 6.28. The van der Waals surface area contributed by atoms with Gasteiger partial charge in [0.05, 0.1) is 28.4 Å². The summed E-state index contributed by atoms with van der Waals surface area (Å²) in [6, 6.07) is 7.13. The molecule has 1 saturated heterocycles. The largest absolute Gasteiger partial charge is 0.379 e. The van der Waals surface area contributed by atoms with Gasteiger partial charge in [0.15, 0.2) is 5.69 Å². The van der Waals surface area contributed by atoms with Crippen LogP contribution in [0.25, 0.3) is 11.3 Å². The van der Waals surface area contributed by atoms with E-state index in [1.165, 1.54) is 0 Å². The Morgan fingerprint density at radius 2 is 2.18 bits per heavy atom. The SMILES string of the molecule is Cn1nc(C(=O)N[C@H]2CCOC2)cc1-c1ccc(Cl)c(Cl)c1. The molecule has 0 unspecified atom stereocenters. The Kier molecular flexibility index (Phi) is 4.38. The van der Waals surface area contributed by atoms with E-state index >= 15 is 0 Å². The number of aromatic nitrogens is 2. The number of amides is 1. The molecule has 1 amide bonds. The number of rotatable bonds is 3. The van der Waals surface area contributed by atoms with E-state index in [2.05, 4.69) is 10.4 Å². The van der Waals surface area contributed by atoms with E-state index in [1.807, 2.05) is 6.07 Å². The Bertz CT molecular complexity index is 709. The van der Waals surface area contributed by atoms with Crippen molar-refractivity contribution in [2.75, 3.05) is 13.2 Å². The summed E-state index contributed by atoms with van der Waals surface area (Å²) in [5.74, 6) is -0.197. The van der Waals surface area contributed by atoms with E-state index < -0.39 is 0 Å². The second-order valence-electron chi connectivity index (χ2n) is 5.20. The third kappa shape index (κ3) is 3.11.